The summed E-state index contributed by atoms with van der Waals surface area (Å²) in [5.41, 5.74) is 8.81. The molecule has 1 heterocycles. The van der Waals surface area contributed by atoms with Crippen molar-refractivity contribution >= 4 is 13.9 Å². The molecule has 0 amide bonds. The summed E-state index contributed by atoms with van der Waals surface area (Å²) < 4.78 is 11.5. The van der Waals surface area contributed by atoms with Crippen molar-refractivity contribution in [2.75, 3.05) is 27.3 Å². The van der Waals surface area contributed by atoms with Gasteiger partial charge in [-0.1, -0.05) is 65.8 Å². The molecular weight excluding hydrogens is 486 g/mol. The lowest BCUT2D eigenvalue weighted by Gasteiger charge is -2.47. The van der Waals surface area contributed by atoms with E-state index in [4.69, 9.17) is 9.47 Å². The van der Waals surface area contributed by atoms with Crippen LogP contribution in [0.15, 0.2) is 42.5 Å². The molecule has 204 valence electrons. The van der Waals surface area contributed by atoms with Gasteiger partial charge in [0.1, 0.15) is 25.4 Å². The Morgan fingerprint density at radius 3 is 2.32 bits per heavy atom. The van der Waals surface area contributed by atoms with E-state index in [0.29, 0.717) is 29.6 Å². The molecule has 1 saturated heterocycles. The molecule has 38 heavy (non-hydrogen) atoms. The zero-order chi connectivity index (χ0) is 27.7. The second-order valence-electron chi connectivity index (χ2n) is 12.1. The molecule has 0 radical (unpaired) electrons. The lowest BCUT2D eigenvalue weighted by molar-refractivity contribution is -0.125. The first kappa shape index (κ1) is 28.5. The number of nitrogens with zero attached hydrogens (tertiary/aromatic N) is 1. The molecule has 0 unspecified atom stereocenters. The van der Waals surface area contributed by atoms with Gasteiger partial charge in [-0.25, -0.2) is 0 Å². The fourth-order valence-corrected chi connectivity index (χ4v) is 13.0. The van der Waals surface area contributed by atoms with Crippen LogP contribution < -0.4 is 9.47 Å². The number of ether oxygens (including phenoxy) is 2. The maximum Gasteiger partial charge on any atom is 0.148 e. The van der Waals surface area contributed by atoms with Crippen molar-refractivity contribution in [1.82, 2.24) is 4.90 Å². The highest BCUT2D eigenvalue weighted by atomic mass is 28.3. The van der Waals surface area contributed by atoms with Crippen molar-refractivity contribution in [2.45, 2.75) is 88.9 Å². The summed E-state index contributed by atoms with van der Waals surface area (Å²) in [6.07, 6.45) is 2.16. The normalized spacial score (nSPS) is 21.3. The van der Waals surface area contributed by atoms with E-state index < -0.39 is 13.5 Å². The van der Waals surface area contributed by atoms with Gasteiger partial charge >= 0.3 is 0 Å². The van der Waals surface area contributed by atoms with E-state index in [0.717, 1.165) is 42.0 Å². The third-order valence-corrected chi connectivity index (χ3v) is 15.7. The van der Waals surface area contributed by atoms with Crippen LogP contribution in [0.4, 0.5) is 0 Å². The smallest absolute Gasteiger partial charge is 0.148 e. The van der Waals surface area contributed by atoms with E-state index in [2.05, 4.69) is 82.2 Å². The Bertz CT molecular complexity index is 1200. The summed E-state index contributed by atoms with van der Waals surface area (Å²) in [4.78, 5) is 15.9. The second-order valence-corrected chi connectivity index (χ2v) is 17.6. The Morgan fingerprint density at radius 1 is 1.00 bits per heavy atom. The van der Waals surface area contributed by atoms with Crippen LogP contribution in [0, 0.1) is 11.5 Å². The number of rotatable bonds is 8. The van der Waals surface area contributed by atoms with Crippen molar-refractivity contribution < 1.29 is 14.3 Å². The molecule has 0 spiro atoms. The highest BCUT2D eigenvalue weighted by Gasteiger charge is 2.55. The number of carbonyl (C=O) groups is 1. The molecule has 0 aromatic heterocycles. The number of hydrogen-bond donors (Lipinski definition) is 0. The Labute approximate surface area is 231 Å². The molecule has 0 N–H and O–H groups in total. The number of fused-ring (bicyclic) bond motifs is 3. The summed E-state index contributed by atoms with van der Waals surface area (Å²) in [6.45, 7) is 15.4. The zero-order valence-electron chi connectivity index (χ0n) is 24.6. The lowest BCUT2D eigenvalue weighted by Crippen LogP contribution is -2.57. The molecule has 5 heteroatoms. The molecule has 2 aromatic carbocycles. The first-order valence-electron chi connectivity index (χ1n) is 14.2. The average molecular weight is 532 g/mol. The van der Waals surface area contributed by atoms with Crippen LogP contribution in [-0.2, 0) is 16.6 Å². The number of ketones is 1. The van der Waals surface area contributed by atoms with Crippen LogP contribution >= 0.6 is 0 Å². The minimum absolute atomic E-state index is 0.169. The number of benzene rings is 2. The van der Waals surface area contributed by atoms with Crippen LogP contribution in [0.5, 0.6) is 11.5 Å². The van der Waals surface area contributed by atoms with Gasteiger partial charge in [-0.15, -0.1) is 11.5 Å². The van der Waals surface area contributed by atoms with Crippen molar-refractivity contribution in [2.24, 2.45) is 0 Å². The third-order valence-electron chi connectivity index (χ3n) is 9.34. The van der Waals surface area contributed by atoms with Crippen molar-refractivity contribution in [3.63, 3.8) is 0 Å². The maximum atomic E-state index is 13.5. The standard InChI is InChI=1S/C33H45NO3Si/c1-23(2)38(24(3)4,25(5)6)18-10-9-17-34-22-28(35)21-33(27-14-12-15-29(20-27)36-7)31(34)19-26-13-11-16-30(37-8)32(26)33/h11-16,20,23-25,31H,9,17,19,21-22H2,1-8H3/t31-,33+/m0/s1. The number of hydrogen-bond acceptors (Lipinski definition) is 4. The summed E-state index contributed by atoms with van der Waals surface area (Å²) in [7, 11) is 1.65. The van der Waals surface area contributed by atoms with Gasteiger partial charge in [-0.05, 0) is 52.4 Å². The molecule has 2 atom stereocenters. The van der Waals surface area contributed by atoms with Gasteiger partial charge in [0, 0.05) is 36.4 Å². The lowest BCUT2D eigenvalue weighted by atomic mass is 9.66. The van der Waals surface area contributed by atoms with Gasteiger partial charge in [-0.2, -0.15) is 0 Å². The zero-order valence-corrected chi connectivity index (χ0v) is 25.6. The number of carbonyl (C=O) groups excluding carboxylic acids is 1. The third kappa shape index (κ3) is 4.71. The Morgan fingerprint density at radius 2 is 1.68 bits per heavy atom. The minimum atomic E-state index is -1.77. The van der Waals surface area contributed by atoms with E-state index in [1.807, 2.05) is 18.2 Å². The molecular formula is C33H45NO3Si. The number of methoxy groups -OCH3 is 2. The molecule has 4 nitrogen and oxygen atoms in total. The molecule has 4 rings (SSSR count). The van der Waals surface area contributed by atoms with Crippen LogP contribution in [0.3, 0.4) is 0 Å². The van der Waals surface area contributed by atoms with Gasteiger partial charge in [0.2, 0.25) is 0 Å². The van der Waals surface area contributed by atoms with Crippen LogP contribution in [0.25, 0.3) is 0 Å². The highest BCUT2D eigenvalue weighted by molar-refractivity contribution is 6.90. The van der Waals surface area contributed by atoms with Gasteiger partial charge in [0.25, 0.3) is 0 Å². The predicted octanol–water partition coefficient (Wildman–Crippen LogP) is 6.80. The van der Waals surface area contributed by atoms with E-state index >= 15 is 0 Å². The average Bonchev–Trinajstić information content (AvgIpc) is 3.23. The van der Waals surface area contributed by atoms with Gasteiger partial charge in [0.15, 0.2) is 0 Å². The van der Waals surface area contributed by atoms with Crippen LogP contribution in [0.2, 0.25) is 16.6 Å². The topological polar surface area (TPSA) is 38.8 Å². The molecule has 2 aliphatic rings. The second kappa shape index (κ2) is 11.3. The van der Waals surface area contributed by atoms with Crippen molar-refractivity contribution in [1.29, 1.82) is 0 Å². The Hall–Kier alpha value is -2.55. The monoisotopic (exact) mass is 531 g/mol. The van der Waals surface area contributed by atoms with E-state index in [9.17, 15) is 4.79 Å². The number of Topliss-reactive ketones (excluding diaryl/α,β-unsaturated/α-hetero) is 1. The van der Waals surface area contributed by atoms with Gasteiger partial charge in [-0.3, -0.25) is 9.69 Å². The van der Waals surface area contributed by atoms with Gasteiger partial charge < -0.3 is 9.47 Å². The summed E-state index contributed by atoms with van der Waals surface area (Å²) in [5.74, 6) is 5.59. The highest BCUT2D eigenvalue weighted by Crippen LogP contribution is 2.54. The molecule has 0 bridgehead atoms. The molecule has 1 aliphatic carbocycles. The van der Waals surface area contributed by atoms with Crippen LogP contribution in [0.1, 0.15) is 71.1 Å². The van der Waals surface area contributed by atoms with Gasteiger partial charge in [0.05, 0.1) is 20.8 Å². The largest absolute Gasteiger partial charge is 0.497 e. The fourth-order valence-electron chi connectivity index (χ4n) is 7.75. The summed E-state index contributed by atoms with van der Waals surface area (Å²) >= 11 is 0. The minimum Gasteiger partial charge on any atom is -0.497 e. The molecule has 1 aliphatic heterocycles. The Kier molecular flexibility index (Phi) is 8.45. The SMILES string of the molecule is COc1cccc([C@]23CC(=O)CN(CCC#C[Si](C(C)C)(C(C)C)C(C)C)[C@H]2Cc2cccc(OC)c23)c1. The first-order valence-corrected chi connectivity index (χ1v) is 16.4. The Balaban J connectivity index is 1.74. The molecule has 1 fully saturated rings. The molecule has 0 saturated carbocycles. The summed E-state index contributed by atoms with van der Waals surface area (Å²) in [5, 5.41) is 0. The van der Waals surface area contributed by atoms with E-state index in [-0.39, 0.29) is 11.8 Å². The first-order chi connectivity index (χ1) is 18.1. The number of piperidine rings is 1. The van der Waals surface area contributed by atoms with E-state index in [1.54, 1.807) is 14.2 Å². The van der Waals surface area contributed by atoms with Crippen molar-refractivity contribution in [3.8, 4) is 23.0 Å². The fraction of sp³-hybridized carbons (Fsp3) is 0.545. The summed E-state index contributed by atoms with van der Waals surface area (Å²) in [6, 6.07) is 14.7. The number of likely N-dealkylation sites (tertiary alicyclic amines) is 1. The maximum absolute atomic E-state index is 13.5. The molecule has 2 aromatic rings. The van der Waals surface area contributed by atoms with Crippen molar-refractivity contribution in [3.05, 3.63) is 59.2 Å². The predicted molar refractivity (Wildman–Crippen MR) is 159 cm³/mol. The quantitative estimate of drug-likeness (QED) is 0.277. The van der Waals surface area contributed by atoms with Crippen LogP contribution in [-0.4, -0.2) is 52.1 Å². The van der Waals surface area contributed by atoms with E-state index in [1.165, 1.54) is 5.56 Å².